The summed E-state index contributed by atoms with van der Waals surface area (Å²) in [5, 5.41) is 6.36. The van der Waals surface area contributed by atoms with E-state index >= 15 is 0 Å². The van der Waals surface area contributed by atoms with Gasteiger partial charge in [0.1, 0.15) is 5.82 Å². The average molecular weight is 290 g/mol. The van der Waals surface area contributed by atoms with Crippen LogP contribution in [0, 0.1) is 0 Å². The second-order valence-electron chi connectivity index (χ2n) is 5.80. The van der Waals surface area contributed by atoms with Gasteiger partial charge in [-0.3, -0.25) is 4.79 Å². The van der Waals surface area contributed by atoms with Crippen molar-refractivity contribution >= 4 is 11.7 Å². The molecule has 1 aromatic rings. The van der Waals surface area contributed by atoms with Crippen LogP contribution in [0.25, 0.3) is 0 Å². The Morgan fingerprint density at radius 1 is 1.52 bits per heavy atom. The van der Waals surface area contributed by atoms with Crippen LogP contribution in [-0.2, 0) is 0 Å². The van der Waals surface area contributed by atoms with Crippen LogP contribution in [0.4, 0.5) is 5.82 Å². The number of anilines is 1. The molecular weight excluding hydrogens is 264 g/mol. The molecule has 1 aromatic heterocycles. The number of aromatic nitrogens is 1. The minimum atomic E-state index is -0.0321. The summed E-state index contributed by atoms with van der Waals surface area (Å²) in [6.45, 7) is 9.20. The lowest BCUT2D eigenvalue weighted by molar-refractivity contribution is 0.0930. The molecule has 0 radical (unpaired) electrons. The van der Waals surface area contributed by atoms with Gasteiger partial charge in [0.2, 0.25) is 0 Å². The molecule has 0 saturated carbocycles. The van der Waals surface area contributed by atoms with Crippen LogP contribution in [0.5, 0.6) is 0 Å². The Bertz CT molecular complexity index is 452. The summed E-state index contributed by atoms with van der Waals surface area (Å²) in [6, 6.07) is 4.42. The van der Waals surface area contributed by atoms with Crippen molar-refractivity contribution in [1.29, 1.82) is 0 Å². The van der Waals surface area contributed by atoms with Gasteiger partial charge in [-0.1, -0.05) is 0 Å². The first-order valence-electron chi connectivity index (χ1n) is 7.86. The maximum Gasteiger partial charge on any atom is 0.253 e. The molecule has 1 fully saturated rings. The molecule has 0 bridgehead atoms. The summed E-state index contributed by atoms with van der Waals surface area (Å²) in [7, 11) is 0. The van der Waals surface area contributed by atoms with E-state index in [1.807, 2.05) is 12.1 Å². The Labute approximate surface area is 127 Å². The number of piperidine rings is 1. The first kappa shape index (κ1) is 15.8. The van der Waals surface area contributed by atoms with Crippen molar-refractivity contribution in [2.45, 2.75) is 45.7 Å². The molecule has 1 amide bonds. The fourth-order valence-corrected chi connectivity index (χ4v) is 2.73. The number of pyridine rings is 1. The molecule has 0 spiro atoms. The Balaban J connectivity index is 1.99. The zero-order chi connectivity index (χ0) is 15.2. The Morgan fingerprint density at radius 2 is 2.33 bits per heavy atom. The molecule has 1 atom stereocenters. The third-order valence-electron chi connectivity index (χ3n) is 3.90. The minimum Gasteiger partial charge on any atom is -0.354 e. The SMILES string of the molecule is CCN(c1ccc(C(=O)N[C@H]2CCCNC2)cn1)C(C)C. The fraction of sp³-hybridized carbons (Fsp3) is 0.625. The van der Waals surface area contributed by atoms with E-state index in [-0.39, 0.29) is 11.9 Å². The molecule has 0 aliphatic carbocycles. The van der Waals surface area contributed by atoms with Crippen molar-refractivity contribution in [1.82, 2.24) is 15.6 Å². The summed E-state index contributed by atoms with van der Waals surface area (Å²) >= 11 is 0. The second-order valence-corrected chi connectivity index (χ2v) is 5.80. The monoisotopic (exact) mass is 290 g/mol. The maximum absolute atomic E-state index is 12.2. The van der Waals surface area contributed by atoms with E-state index in [1.54, 1.807) is 6.20 Å². The number of hydrogen-bond acceptors (Lipinski definition) is 4. The number of amides is 1. The van der Waals surface area contributed by atoms with Crippen LogP contribution in [0.2, 0.25) is 0 Å². The van der Waals surface area contributed by atoms with Gasteiger partial charge in [-0.15, -0.1) is 0 Å². The van der Waals surface area contributed by atoms with Gasteiger partial charge in [-0.2, -0.15) is 0 Å². The van der Waals surface area contributed by atoms with E-state index in [2.05, 4.69) is 41.3 Å². The lowest BCUT2D eigenvalue weighted by Crippen LogP contribution is -2.45. The van der Waals surface area contributed by atoms with Gasteiger partial charge in [-0.05, 0) is 52.3 Å². The van der Waals surface area contributed by atoms with Crippen molar-refractivity contribution in [3.63, 3.8) is 0 Å². The molecule has 21 heavy (non-hydrogen) atoms. The topological polar surface area (TPSA) is 57.3 Å². The van der Waals surface area contributed by atoms with E-state index in [0.29, 0.717) is 11.6 Å². The molecule has 5 nitrogen and oxygen atoms in total. The van der Waals surface area contributed by atoms with E-state index in [4.69, 9.17) is 0 Å². The molecule has 1 aliphatic heterocycles. The minimum absolute atomic E-state index is 0.0321. The largest absolute Gasteiger partial charge is 0.354 e. The van der Waals surface area contributed by atoms with E-state index in [1.165, 1.54) is 0 Å². The summed E-state index contributed by atoms with van der Waals surface area (Å²) in [4.78, 5) is 18.8. The number of hydrogen-bond donors (Lipinski definition) is 2. The standard InChI is InChI=1S/C16H26N4O/c1-4-20(12(2)3)15-8-7-13(10-18-15)16(21)19-14-6-5-9-17-11-14/h7-8,10,12,14,17H,4-6,9,11H2,1-3H3,(H,19,21)/t14-/m0/s1. The van der Waals surface area contributed by atoms with Gasteiger partial charge in [0, 0.05) is 31.4 Å². The fourth-order valence-electron chi connectivity index (χ4n) is 2.73. The molecule has 0 unspecified atom stereocenters. The predicted molar refractivity (Wildman–Crippen MR) is 85.8 cm³/mol. The summed E-state index contributed by atoms with van der Waals surface area (Å²) in [5.74, 6) is 0.888. The number of nitrogens with zero attached hydrogens (tertiary/aromatic N) is 2. The number of rotatable bonds is 5. The van der Waals surface area contributed by atoms with E-state index < -0.39 is 0 Å². The van der Waals surface area contributed by atoms with Crippen LogP contribution in [0.15, 0.2) is 18.3 Å². The number of nitrogens with one attached hydrogen (secondary N) is 2. The first-order chi connectivity index (χ1) is 10.1. The molecule has 1 aliphatic rings. The molecular formula is C16H26N4O. The summed E-state index contributed by atoms with van der Waals surface area (Å²) in [6.07, 6.45) is 3.83. The van der Waals surface area contributed by atoms with Crippen LogP contribution < -0.4 is 15.5 Å². The lowest BCUT2D eigenvalue weighted by Gasteiger charge is -2.26. The molecule has 116 valence electrons. The molecule has 2 N–H and O–H groups in total. The van der Waals surface area contributed by atoms with Crippen molar-refractivity contribution in [3.8, 4) is 0 Å². The second kappa shape index (κ2) is 7.41. The molecule has 1 saturated heterocycles. The summed E-state index contributed by atoms with van der Waals surface area (Å²) < 4.78 is 0. The Morgan fingerprint density at radius 3 is 2.86 bits per heavy atom. The third-order valence-corrected chi connectivity index (χ3v) is 3.90. The smallest absolute Gasteiger partial charge is 0.253 e. The number of carbonyl (C=O) groups excluding carboxylic acids is 1. The van der Waals surface area contributed by atoms with Crippen LogP contribution in [0.3, 0.4) is 0 Å². The highest BCUT2D eigenvalue weighted by Gasteiger charge is 2.17. The highest BCUT2D eigenvalue weighted by molar-refractivity contribution is 5.94. The van der Waals surface area contributed by atoms with Gasteiger partial charge in [0.05, 0.1) is 5.56 Å². The van der Waals surface area contributed by atoms with Crippen LogP contribution in [-0.4, -0.2) is 42.6 Å². The zero-order valence-electron chi connectivity index (χ0n) is 13.2. The lowest BCUT2D eigenvalue weighted by atomic mass is 10.1. The highest BCUT2D eigenvalue weighted by atomic mass is 16.1. The third kappa shape index (κ3) is 4.17. The zero-order valence-corrected chi connectivity index (χ0v) is 13.2. The van der Waals surface area contributed by atoms with E-state index in [0.717, 1.165) is 38.3 Å². The summed E-state index contributed by atoms with van der Waals surface area (Å²) in [5.41, 5.74) is 0.629. The maximum atomic E-state index is 12.2. The van der Waals surface area contributed by atoms with Crippen molar-refractivity contribution < 1.29 is 4.79 Å². The van der Waals surface area contributed by atoms with Crippen molar-refractivity contribution in [2.75, 3.05) is 24.5 Å². The first-order valence-corrected chi connectivity index (χ1v) is 7.86. The molecule has 5 heteroatoms. The Kier molecular flexibility index (Phi) is 5.56. The quantitative estimate of drug-likeness (QED) is 0.868. The van der Waals surface area contributed by atoms with Gasteiger partial charge in [0.25, 0.3) is 5.91 Å². The van der Waals surface area contributed by atoms with Gasteiger partial charge < -0.3 is 15.5 Å². The van der Waals surface area contributed by atoms with E-state index in [9.17, 15) is 4.79 Å². The molecule has 0 aromatic carbocycles. The van der Waals surface area contributed by atoms with Gasteiger partial charge >= 0.3 is 0 Å². The Hall–Kier alpha value is -1.62. The predicted octanol–water partition coefficient (Wildman–Crippen LogP) is 1.80. The normalized spacial score (nSPS) is 18.6. The number of carbonyl (C=O) groups is 1. The van der Waals surface area contributed by atoms with Crippen molar-refractivity contribution in [2.24, 2.45) is 0 Å². The molecule has 2 heterocycles. The molecule has 2 rings (SSSR count). The van der Waals surface area contributed by atoms with Gasteiger partial charge in [-0.25, -0.2) is 4.98 Å². The van der Waals surface area contributed by atoms with Crippen LogP contribution >= 0.6 is 0 Å². The highest BCUT2D eigenvalue weighted by Crippen LogP contribution is 2.14. The van der Waals surface area contributed by atoms with Crippen molar-refractivity contribution in [3.05, 3.63) is 23.9 Å². The van der Waals surface area contributed by atoms with Crippen LogP contribution in [0.1, 0.15) is 44.0 Å². The average Bonchev–Trinajstić information content (AvgIpc) is 2.49. The van der Waals surface area contributed by atoms with Gasteiger partial charge in [0.15, 0.2) is 0 Å².